The number of benzene rings is 3. The molecule has 0 unspecified atom stereocenters. The molecular formula is C29H28N4O4S. The zero-order valence-electron chi connectivity index (χ0n) is 21.1. The lowest BCUT2D eigenvalue weighted by Gasteiger charge is -2.26. The minimum atomic E-state index is -4.06. The van der Waals surface area contributed by atoms with Gasteiger partial charge in [-0.2, -0.15) is 0 Å². The van der Waals surface area contributed by atoms with Crippen molar-refractivity contribution in [3.8, 4) is 0 Å². The van der Waals surface area contributed by atoms with Crippen LogP contribution in [-0.2, 0) is 21.4 Å². The minimum Gasteiger partial charge on any atom is -0.348 e. The van der Waals surface area contributed by atoms with E-state index in [-0.39, 0.29) is 28.6 Å². The van der Waals surface area contributed by atoms with Gasteiger partial charge in [0.25, 0.3) is 15.9 Å². The molecule has 3 aromatic carbocycles. The number of pyridine rings is 1. The van der Waals surface area contributed by atoms with Crippen LogP contribution in [0.15, 0.2) is 102 Å². The van der Waals surface area contributed by atoms with E-state index in [0.29, 0.717) is 11.3 Å². The van der Waals surface area contributed by atoms with E-state index in [1.165, 1.54) is 12.1 Å². The number of aryl methyl sites for hydroxylation is 2. The van der Waals surface area contributed by atoms with Gasteiger partial charge in [0.2, 0.25) is 5.91 Å². The maximum atomic E-state index is 13.7. The summed E-state index contributed by atoms with van der Waals surface area (Å²) in [4.78, 5) is 30.2. The van der Waals surface area contributed by atoms with Gasteiger partial charge >= 0.3 is 0 Å². The van der Waals surface area contributed by atoms with Crippen molar-refractivity contribution >= 4 is 33.2 Å². The zero-order chi connectivity index (χ0) is 27.1. The monoisotopic (exact) mass is 528 g/mol. The average molecular weight is 529 g/mol. The number of aromatic nitrogens is 1. The summed E-state index contributed by atoms with van der Waals surface area (Å²) < 4.78 is 28.4. The van der Waals surface area contributed by atoms with Crippen LogP contribution in [0.5, 0.6) is 0 Å². The predicted molar refractivity (Wildman–Crippen MR) is 147 cm³/mol. The van der Waals surface area contributed by atoms with Gasteiger partial charge in [0.1, 0.15) is 6.54 Å². The fraction of sp³-hybridized carbons (Fsp3) is 0.138. The Hall–Kier alpha value is -4.50. The Balaban J connectivity index is 1.57. The van der Waals surface area contributed by atoms with Crippen molar-refractivity contribution in [1.82, 2.24) is 10.3 Å². The molecule has 0 atom stereocenters. The van der Waals surface area contributed by atoms with E-state index >= 15 is 0 Å². The Labute approximate surface area is 222 Å². The third-order valence-electron chi connectivity index (χ3n) is 5.90. The Bertz CT molecular complexity index is 1540. The topological polar surface area (TPSA) is 108 Å². The molecule has 194 valence electrons. The number of carbonyl (C=O) groups is 2. The molecule has 0 bridgehead atoms. The molecule has 2 amide bonds. The van der Waals surface area contributed by atoms with Gasteiger partial charge < -0.3 is 10.6 Å². The van der Waals surface area contributed by atoms with Gasteiger partial charge in [-0.15, -0.1) is 0 Å². The van der Waals surface area contributed by atoms with Gasteiger partial charge in [-0.1, -0.05) is 54.1 Å². The third kappa shape index (κ3) is 6.24. The SMILES string of the molecule is Cc1ccc(S(=O)(=O)N(CC(=O)Nc2ccccc2C(=O)NCc2cccnc2)c2ccccc2C)cc1. The molecule has 8 nitrogen and oxygen atoms in total. The molecule has 4 rings (SSSR count). The average Bonchev–Trinajstić information content (AvgIpc) is 2.92. The maximum Gasteiger partial charge on any atom is 0.264 e. The van der Waals surface area contributed by atoms with E-state index in [1.807, 2.05) is 13.0 Å². The summed E-state index contributed by atoms with van der Waals surface area (Å²) in [6.07, 6.45) is 3.30. The lowest BCUT2D eigenvalue weighted by atomic mass is 10.1. The first kappa shape index (κ1) is 26.6. The second-order valence-electron chi connectivity index (χ2n) is 8.75. The lowest BCUT2D eigenvalue weighted by molar-refractivity contribution is -0.114. The van der Waals surface area contributed by atoms with Crippen molar-refractivity contribution in [3.63, 3.8) is 0 Å². The summed E-state index contributed by atoms with van der Waals surface area (Å²) in [7, 11) is -4.06. The number of rotatable bonds is 9. The number of para-hydroxylation sites is 2. The first-order valence-electron chi connectivity index (χ1n) is 12.0. The van der Waals surface area contributed by atoms with Crippen LogP contribution < -0.4 is 14.9 Å². The number of hydrogen-bond donors (Lipinski definition) is 2. The zero-order valence-corrected chi connectivity index (χ0v) is 21.9. The van der Waals surface area contributed by atoms with E-state index in [9.17, 15) is 18.0 Å². The van der Waals surface area contributed by atoms with E-state index in [4.69, 9.17) is 0 Å². The van der Waals surface area contributed by atoms with Gasteiger partial charge in [-0.05, 0) is 61.4 Å². The second kappa shape index (κ2) is 11.7. The molecule has 0 spiro atoms. The molecule has 0 aliphatic heterocycles. The number of sulfonamides is 1. The molecule has 38 heavy (non-hydrogen) atoms. The summed E-state index contributed by atoms with van der Waals surface area (Å²) in [6, 6.07) is 23.6. The van der Waals surface area contributed by atoms with Crippen molar-refractivity contribution < 1.29 is 18.0 Å². The predicted octanol–water partition coefficient (Wildman–Crippen LogP) is 4.46. The summed E-state index contributed by atoms with van der Waals surface area (Å²) in [5.41, 5.74) is 3.38. The van der Waals surface area contributed by atoms with Crippen molar-refractivity contribution in [2.75, 3.05) is 16.2 Å². The number of hydrogen-bond acceptors (Lipinski definition) is 5. The van der Waals surface area contributed by atoms with Crippen molar-refractivity contribution in [2.24, 2.45) is 0 Å². The smallest absolute Gasteiger partial charge is 0.264 e. The van der Waals surface area contributed by atoms with E-state index in [2.05, 4.69) is 15.6 Å². The van der Waals surface area contributed by atoms with Crippen LogP contribution >= 0.6 is 0 Å². The van der Waals surface area contributed by atoms with Crippen molar-refractivity contribution in [1.29, 1.82) is 0 Å². The highest BCUT2D eigenvalue weighted by atomic mass is 32.2. The van der Waals surface area contributed by atoms with Crippen LogP contribution in [0.1, 0.15) is 27.0 Å². The Kier molecular flexibility index (Phi) is 8.18. The Morgan fingerprint density at radius 3 is 2.29 bits per heavy atom. The molecule has 1 heterocycles. The van der Waals surface area contributed by atoms with Crippen molar-refractivity contribution in [2.45, 2.75) is 25.3 Å². The molecule has 0 radical (unpaired) electrons. The van der Waals surface area contributed by atoms with Gasteiger partial charge in [-0.3, -0.25) is 18.9 Å². The van der Waals surface area contributed by atoms with Crippen LogP contribution in [0, 0.1) is 13.8 Å². The van der Waals surface area contributed by atoms with Crippen LogP contribution in [0.25, 0.3) is 0 Å². The van der Waals surface area contributed by atoms with Crippen LogP contribution in [0.4, 0.5) is 11.4 Å². The molecule has 1 aromatic heterocycles. The first-order chi connectivity index (χ1) is 18.3. The van der Waals surface area contributed by atoms with E-state index < -0.39 is 22.5 Å². The van der Waals surface area contributed by atoms with E-state index in [0.717, 1.165) is 15.4 Å². The highest BCUT2D eigenvalue weighted by Crippen LogP contribution is 2.27. The lowest BCUT2D eigenvalue weighted by Crippen LogP contribution is -2.38. The number of amides is 2. The van der Waals surface area contributed by atoms with Crippen LogP contribution in [-0.4, -0.2) is 31.8 Å². The standard InChI is InChI=1S/C29H28N4O4S/c1-21-13-15-24(16-14-21)38(36,37)33(27-12-6-3-8-22(27)2)20-28(34)32-26-11-5-4-10-25(26)29(35)31-19-23-9-7-17-30-18-23/h3-18H,19-20H2,1-2H3,(H,31,35)(H,32,34). The largest absolute Gasteiger partial charge is 0.348 e. The normalized spacial score (nSPS) is 11.0. The molecule has 0 aliphatic carbocycles. The highest BCUT2D eigenvalue weighted by Gasteiger charge is 2.28. The molecule has 0 aliphatic rings. The number of nitrogens with one attached hydrogen (secondary N) is 2. The highest BCUT2D eigenvalue weighted by molar-refractivity contribution is 7.92. The molecular weight excluding hydrogens is 500 g/mol. The van der Waals surface area contributed by atoms with Crippen LogP contribution in [0.3, 0.4) is 0 Å². The fourth-order valence-corrected chi connectivity index (χ4v) is 5.36. The van der Waals surface area contributed by atoms with Gasteiger partial charge in [0, 0.05) is 18.9 Å². The summed E-state index contributed by atoms with van der Waals surface area (Å²) in [5.74, 6) is -0.968. The summed E-state index contributed by atoms with van der Waals surface area (Å²) in [6.45, 7) is 3.44. The third-order valence-corrected chi connectivity index (χ3v) is 7.68. The molecule has 0 saturated carbocycles. The number of nitrogens with zero attached hydrogens (tertiary/aromatic N) is 2. The first-order valence-corrected chi connectivity index (χ1v) is 13.4. The number of anilines is 2. The van der Waals surface area contributed by atoms with Crippen molar-refractivity contribution in [3.05, 3.63) is 120 Å². The quantitative estimate of drug-likeness (QED) is 0.333. The number of carbonyl (C=O) groups excluding carboxylic acids is 2. The van der Waals surface area contributed by atoms with Gasteiger partial charge in [0.15, 0.2) is 0 Å². The Morgan fingerprint density at radius 1 is 0.868 bits per heavy atom. The summed E-state index contributed by atoms with van der Waals surface area (Å²) >= 11 is 0. The fourth-order valence-electron chi connectivity index (χ4n) is 3.87. The molecule has 9 heteroatoms. The van der Waals surface area contributed by atoms with E-state index in [1.54, 1.807) is 86.0 Å². The molecule has 0 saturated heterocycles. The minimum absolute atomic E-state index is 0.0781. The Morgan fingerprint density at radius 2 is 1.58 bits per heavy atom. The summed E-state index contributed by atoms with van der Waals surface area (Å²) in [5, 5.41) is 5.54. The molecule has 4 aromatic rings. The van der Waals surface area contributed by atoms with Gasteiger partial charge in [0.05, 0.1) is 21.8 Å². The van der Waals surface area contributed by atoms with Gasteiger partial charge in [-0.25, -0.2) is 8.42 Å². The molecule has 2 N–H and O–H groups in total. The van der Waals surface area contributed by atoms with Crippen LogP contribution in [0.2, 0.25) is 0 Å². The second-order valence-corrected chi connectivity index (χ2v) is 10.6. The maximum absolute atomic E-state index is 13.7. The molecule has 0 fully saturated rings.